The number of aliphatic carboxylic acids is 1. The van der Waals surface area contributed by atoms with Gasteiger partial charge in [-0.15, -0.1) is 0 Å². The minimum absolute atomic E-state index is 0.00576. The first kappa shape index (κ1) is 21.4. The average molecular weight is 458 g/mol. The van der Waals surface area contributed by atoms with E-state index in [2.05, 4.69) is 4.72 Å². The summed E-state index contributed by atoms with van der Waals surface area (Å²) in [4.78, 5) is 12.0. The third-order valence-corrected chi connectivity index (χ3v) is 7.30. The van der Waals surface area contributed by atoms with Gasteiger partial charge in [0.05, 0.1) is 12.0 Å². The van der Waals surface area contributed by atoms with Gasteiger partial charge >= 0.3 is 5.97 Å². The van der Waals surface area contributed by atoms with Crippen molar-refractivity contribution in [3.8, 4) is 16.9 Å². The Kier molecular flexibility index (Phi) is 5.51. The molecular formula is C23H20ClNO5S. The van der Waals surface area contributed by atoms with Crippen LogP contribution in [0, 0.1) is 0 Å². The number of sulfonamides is 1. The Morgan fingerprint density at radius 2 is 1.55 bits per heavy atom. The normalized spacial score (nSPS) is 20.3. The molecule has 0 bridgehead atoms. The van der Waals surface area contributed by atoms with E-state index >= 15 is 0 Å². The number of rotatable bonds is 7. The minimum Gasteiger partial charge on any atom is -0.497 e. The molecule has 0 spiro atoms. The van der Waals surface area contributed by atoms with Crippen LogP contribution in [0.1, 0.15) is 17.9 Å². The number of nitrogens with one attached hydrogen (secondary N) is 1. The van der Waals surface area contributed by atoms with Crippen molar-refractivity contribution in [2.45, 2.75) is 22.8 Å². The SMILES string of the molecule is COc1ccc([C@@H]2C[C@]2(NS(=O)(=O)c2ccc(-c3ccc(Cl)cc3)cc2)C(=O)O)cc1. The van der Waals surface area contributed by atoms with Crippen LogP contribution in [0.5, 0.6) is 5.75 Å². The third-order valence-electron chi connectivity index (χ3n) is 5.52. The number of halogens is 1. The first-order valence-corrected chi connectivity index (χ1v) is 11.4. The summed E-state index contributed by atoms with van der Waals surface area (Å²) in [6.07, 6.45) is 0.177. The van der Waals surface area contributed by atoms with E-state index in [0.29, 0.717) is 10.8 Å². The second-order valence-corrected chi connectivity index (χ2v) is 9.56. The molecule has 1 saturated carbocycles. The zero-order valence-electron chi connectivity index (χ0n) is 16.6. The minimum atomic E-state index is -4.04. The van der Waals surface area contributed by atoms with Crippen molar-refractivity contribution >= 4 is 27.6 Å². The van der Waals surface area contributed by atoms with Crippen LogP contribution < -0.4 is 9.46 Å². The van der Waals surface area contributed by atoms with E-state index in [-0.39, 0.29) is 11.3 Å². The van der Waals surface area contributed by atoms with Gasteiger partial charge in [-0.25, -0.2) is 8.42 Å². The van der Waals surface area contributed by atoms with Gasteiger partial charge in [0.2, 0.25) is 10.0 Å². The molecule has 1 aliphatic carbocycles. The number of benzene rings is 3. The predicted molar refractivity (Wildman–Crippen MR) is 118 cm³/mol. The van der Waals surface area contributed by atoms with E-state index in [1.807, 2.05) is 12.1 Å². The van der Waals surface area contributed by atoms with E-state index in [0.717, 1.165) is 16.7 Å². The lowest BCUT2D eigenvalue weighted by atomic mass is 10.1. The second-order valence-electron chi connectivity index (χ2n) is 7.44. The number of carboxylic acids is 1. The molecule has 0 aliphatic heterocycles. The molecule has 31 heavy (non-hydrogen) atoms. The Labute approximate surface area is 185 Å². The molecule has 4 rings (SSSR count). The molecule has 0 heterocycles. The molecule has 0 amide bonds. The topological polar surface area (TPSA) is 92.7 Å². The van der Waals surface area contributed by atoms with Crippen LogP contribution in [0.3, 0.4) is 0 Å². The summed E-state index contributed by atoms with van der Waals surface area (Å²) < 4.78 is 33.4. The van der Waals surface area contributed by atoms with Crippen molar-refractivity contribution in [2.24, 2.45) is 0 Å². The van der Waals surface area contributed by atoms with Crippen LogP contribution in [-0.4, -0.2) is 32.1 Å². The Hall–Kier alpha value is -2.87. The van der Waals surface area contributed by atoms with Crippen molar-refractivity contribution in [1.29, 1.82) is 0 Å². The van der Waals surface area contributed by atoms with E-state index in [9.17, 15) is 18.3 Å². The molecular weight excluding hydrogens is 438 g/mol. The van der Waals surface area contributed by atoms with Gasteiger partial charge in [0, 0.05) is 10.9 Å². The van der Waals surface area contributed by atoms with Crippen LogP contribution in [-0.2, 0) is 14.8 Å². The number of carbonyl (C=O) groups is 1. The van der Waals surface area contributed by atoms with Gasteiger partial charge in [-0.2, -0.15) is 4.72 Å². The lowest BCUT2D eigenvalue weighted by Crippen LogP contribution is -2.44. The maximum absolute atomic E-state index is 13.0. The van der Waals surface area contributed by atoms with Gasteiger partial charge < -0.3 is 9.84 Å². The van der Waals surface area contributed by atoms with Gasteiger partial charge in [-0.1, -0.05) is 48.0 Å². The number of hydrogen-bond acceptors (Lipinski definition) is 4. The molecule has 160 valence electrons. The Bertz CT molecular complexity index is 1210. The highest BCUT2D eigenvalue weighted by molar-refractivity contribution is 7.89. The summed E-state index contributed by atoms with van der Waals surface area (Å²) in [5, 5.41) is 10.4. The van der Waals surface area contributed by atoms with E-state index in [1.54, 1.807) is 55.6 Å². The van der Waals surface area contributed by atoms with Gasteiger partial charge in [-0.3, -0.25) is 4.79 Å². The Balaban J connectivity index is 1.56. The highest BCUT2D eigenvalue weighted by atomic mass is 35.5. The number of ether oxygens (including phenoxy) is 1. The van der Waals surface area contributed by atoms with Crippen molar-refractivity contribution < 1.29 is 23.1 Å². The highest BCUT2D eigenvalue weighted by Gasteiger charge is 2.63. The van der Waals surface area contributed by atoms with Gasteiger partial charge in [0.25, 0.3) is 0 Å². The fourth-order valence-corrected chi connectivity index (χ4v) is 5.19. The molecule has 1 fully saturated rings. The van der Waals surface area contributed by atoms with Crippen LogP contribution in [0.15, 0.2) is 77.7 Å². The molecule has 3 aromatic carbocycles. The number of carboxylic acid groups (broad SMARTS) is 1. The first-order valence-electron chi connectivity index (χ1n) is 9.52. The lowest BCUT2D eigenvalue weighted by Gasteiger charge is -2.16. The summed E-state index contributed by atoms with van der Waals surface area (Å²) in [5.74, 6) is -1.01. The standard InChI is InChI=1S/C23H20ClNO5S/c1-30-19-10-4-17(5-11-19)21-14-23(21,22(26)27)25-31(28,29)20-12-6-16(7-13-20)15-2-8-18(24)9-3-15/h2-13,21,25H,14H2,1H3,(H,26,27)/t21-,23+/m0/s1. The zero-order chi connectivity index (χ0) is 22.2. The van der Waals surface area contributed by atoms with Gasteiger partial charge in [-0.05, 0) is 59.5 Å². The second kappa shape index (κ2) is 8.00. The van der Waals surface area contributed by atoms with Crippen molar-refractivity contribution in [2.75, 3.05) is 7.11 Å². The van der Waals surface area contributed by atoms with E-state index in [4.69, 9.17) is 16.3 Å². The summed E-state index contributed by atoms with van der Waals surface area (Å²) in [7, 11) is -2.49. The van der Waals surface area contributed by atoms with Crippen LogP contribution >= 0.6 is 11.6 Å². The smallest absolute Gasteiger partial charge is 0.325 e. The molecule has 0 radical (unpaired) electrons. The number of hydrogen-bond donors (Lipinski definition) is 2. The summed E-state index contributed by atoms with van der Waals surface area (Å²) in [5.41, 5.74) is 0.891. The van der Waals surface area contributed by atoms with Crippen molar-refractivity contribution in [3.05, 3.63) is 83.4 Å². The van der Waals surface area contributed by atoms with Crippen molar-refractivity contribution in [3.63, 3.8) is 0 Å². The lowest BCUT2D eigenvalue weighted by molar-refractivity contribution is -0.140. The van der Waals surface area contributed by atoms with Crippen LogP contribution in [0.2, 0.25) is 5.02 Å². The maximum atomic E-state index is 13.0. The van der Waals surface area contributed by atoms with Gasteiger partial charge in [0.1, 0.15) is 11.3 Å². The zero-order valence-corrected chi connectivity index (χ0v) is 18.2. The largest absolute Gasteiger partial charge is 0.497 e. The highest BCUT2D eigenvalue weighted by Crippen LogP contribution is 2.52. The number of methoxy groups -OCH3 is 1. The molecule has 1 aliphatic rings. The molecule has 0 saturated heterocycles. The quantitative estimate of drug-likeness (QED) is 0.551. The molecule has 0 aromatic heterocycles. The molecule has 2 atom stereocenters. The Morgan fingerprint density at radius 1 is 1.00 bits per heavy atom. The average Bonchev–Trinajstić information content (AvgIpc) is 3.49. The summed E-state index contributed by atoms with van der Waals surface area (Å²) >= 11 is 5.91. The van der Waals surface area contributed by atoms with Crippen LogP contribution in [0.25, 0.3) is 11.1 Å². The molecule has 3 aromatic rings. The summed E-state index contributed by atoms with van der Waals surface area (Å²) in [6, 6.07) is 20.4. The monoisotopic (exact) mass is 457 g/mol. The molecule has 2 N–H and O–H groups in total. The van der Waals surface area contributed by atoms with E-state index in [1.165, 1.54) is 12.1 Å². The van der Waals surface area contributed by atoms with E-state index < -0.39 is 27.4 Å². The van der Waals surface area contributed by atoms with Crippen LogP contribution in [0.4, 0.5) is 0 Å². The van der Waals surface area contributed by atoms with Crippen molar-refractivity contribution in [1.82, 2.24) is 4.72 Å². The third kappa shape index (κ3) is 4.17. The first-order chi connectivity index (χ1) is 14.7. The Morgan fingerprint density at radius 3 is 2.06 bits per heavy atom. The fraction of sp³-hybridized carbons (Fsp3) is 0.174. The molecule has 6 nitrogen and oxygen atoms in total. The molecule has 0 unspecified atom stereocenters. The van der Waals surface area contributed by atoms with Gasteiger partial charge in [0.15, 0.2) is 0 Å². The predicted octanol–water partition coefficient (Wildman–Crippen LogP) is 4.30. The maximum Gasteiger partial charge on any atom is 0.325 e. The summed E-state index contributed by atoms with van der Waals surface area (Å²) in [6.45, 7) is 0. The fourth-order valence-electron chi connectivity index (χ4n) is 3.66. The molecule has 8 heteroatoms.